The second kappa shape index (κ2) is 7.11. The van der Waals surface area contributed by atoms with Gasteiger partial charge >= 0.3 is 5.97 Å². The molecule has 1 heterocycles. The molecule has 1 rings (SSSR count). The molecular formula is C13H22N2O4. The summed E-state index contributed by atoms with van der Waals surface area (Å²) in [7, 11) is 0. The van der Waals surface area contributed by atoms with E-state index in [1.54, 1.807) is 4.90 Å². The average molecular weight is 270 g/mol. The highest BCUT2D eigenvalue weighted by atomic mass is 16.6. The number of aliphatic carboxylic acids is 1. The fourth-order valence-corrected chi connectivity index (χ4v) is 2.07. The van der Waals surface area contributed by atoms with Crippen molar-refractivity contribution in [2.24, 2.45) is 11.1 Å². The summed E-state index contributed by atoms with van der Waals surface area (Å²) in [4.78, 5) is 29.7. The number of nitrogens with zero attached hydrogens (tertiary/aromatic N) is 2. The van der Waals surface area contributed by atoms with Crippen molar-refractivity contribution in [2.45, 2.75) is 46.1 Å². The van der Waals surface area contributed by atoms with Crippen LogP contribution in [0.5, 0.6) is 0 Å². The van der Waals surface area contributed by atoms with Gasteiger partial charge in [-0.2, -0.15) is 0 Å². The third-order valence-electron chi connectivity index (χ3n) is 3.52. The van der Waals surface area contributed by atoms with Gasteiger partial charge in [-0.3, -0.25) is 4.79 Å². The Kier molecular flexibility index (Phi) is 5.79. The van der Waals surface area contributed by atoms with Crippen molar-refractivity contribution >= 4 is 17.6 Å². The molecule has 0 fully saturated rings. The molecular weight excluding hydrogens is 248 g/mol. The van der Waals surface area contributed by atoms with Gasteiger partial charge in [0.1, 0.15) is 0 Å². The second-order valence-electron chi connectivity index (χ2n) is 4.70. The Balaban J connectivity index is 2.58. The predicted octanol–water partition coefficient (Wildman–Crippen LogP) is 1.50. The van der Waals surface area contributed by atoms with Crippen LogP contribution in [0.4, 0.5) is 0 Å². The van der Waals surface area contributed by atoms with E-state index >= 15 is 0 Å². The van der Waals surface area contributed by atoms with Gasteiger partial charge in [-0.1, -0.05) is 31.8 Å². The molecule has 6 nitrogen and oxygen atoms in total. The summed E-state index contributed by atoms with van der Waals surface area (Å²) in [5, 5.41) is 12.2. The van der Waals surface area contributed by atoms with Crippen LogP contribution in [0.2, 0.25) is 0 Å². The number of carbonyl (C=O) groups is 2. The lowest BCUT2D eigenvalue weighted by Crippen LogP contribution is -2.42. The molecule has 0 bridgehead atoms. The summed E-state index contributed by atoms with van der Waals surface area (Å²) in [6, 6.07) is 0. The zero-order valence-electron chi connectivity index (χ0n) is 11.8. The summed E-state index contributed by atoms with van der Waals surface area (Å²) in [6.45, 7) is 7.39. The number of hydrogen-bond acceptors (Lipinski definition) is 4. The van der Waals surface area contributed by atoms with Crippen molar-refractivity contribution < 1.29 is 19.5 Å². The second-order valence-corrected chi connectivity index (χ2v) is 4.70. The lowest BCUT2D eigenvalue weighted by molar-refractivity contribution is -0.142. The van der Waals surface area contributed by atoms with Crippen LogP contribution < -0.4 is 0 Å². The van der Waals surface area contributed by atoms with E-state index in [1.165, 1.54) is 0 Å². The monoisotopic (exact) mass is 270 g/mol. The van der Waals surface area contributed by atoms with Crippen LogP contribution in [0.1, 0.15) is 40.0 Å². The number of rotatable bonds is 7. The number of carbonyl (C=O) groups excluding carboxylic acids is 1. The minimum Gasteiger partial charge on any atom is -0.477 e. The Labute approximate surface area is 113 Å². The number of hydrogen-bond donors (Lipinski definition) is 1. The van der Waals surface area contributed by atoms with Crippen LogP contribution in [0, 0.1) is 5.92 Å². The van der Waals surface area contributed by atoms with Crippen LogP contribution in [-0.4, -0.2) is 46.8 Å². The van der Waals surface area contributed by atoms with Gasteiger partial charge in [0.05, 0.1) is 0 Å². The molecule has 0 aromatic carbocycles. The molecule has 1 amide bonds. The molecule has 1 aliphatic rings. The van der Waals surface area contributed by atoms with Crippen LogP contribution in [-0.2, 0) is 14.4 Å². The minimum atomic E-state index is -1.13. The summed E-state index contributed by atoms with van der Waals surface area (Å²) >= 11 is 0. The Morgan fingerprint density at radius 2 is 2.05 bits per heavy atom. The van der Waals surface area contributed by atoms with E-state index in [-0.39, 0.29) is 18.0 Å². The molecule has 0 saturated heterocycles. The Morgan fingerprint density at radius 1 is 1.42 bits per heavy atom. The normalized spacial score (nSPS) is 18.1. The van der Waals surface area contributed by atoms with E-state index in [0.29, 0.717) is 19.0 Å². The van der Waals surface area contributed by atoms with Crippen molar-refractivity contribution in [3.8, 4) is 0 Å². The van der Waals surface area contributed by atoms with Gasteiger partial charge in [0.2, 0.25) is 6.10 Å². The van der Waals surface area contributed by atoms with Gasteiger partial charge in [-0.25, -0.2) is 4.79 Å². The topological polar surface area (TPSA) is 79.2 Å². The number of carboxylic acid groups (broad SMARTS) is 1. The highest BCUT2D eigenvalue weighted by molar-refractivity contribution is 6.36. The molecule has 1 atom stereocenters. The lowest BCUT2D eigenvalue weighted by Gasteiger charge is -2.26. The van der Waals surface area contributed by atoms with Gasteiger partial charge in [0.15, 0.2) is 5.71 Å². The molecule has 6 heteroatoms. The first kappa shape index (κ1) is 15.5. The van der Waals surface area contributed by atoms with Gasteiger partial charge in [-0.05, 0) is 12.8 Å². The number of likely N-dealkylation sites (N-methyl/N-ethyl adjacent to an activating group) is 1. The van der Waals surface area contributed by atoms with E-state index < -0.39 is 12.1 Å². The number of amides is 1. The summed E-state index contributed by atoms with van der Waals surface area (Å²) in [5.74, 6) is -0.835. The maximum atomic E-state index is 12.2. The Hall–Kier alpha value is -1.59. The molecule has 0 aromatic rings. The molecule has 1 unspecified atom stereocenters. The summed E-state index contributed by atoms with van der Waals surface area (Å²) in [6.07, 6.45) is 1.30. The number of oxime groups is 1. The first-order valence-electron chi connectivity index (χ1n) is 6.78. The summed E-state index contributed by atoms with van der Waals surface area (Å²) < 4.78 is 0. The minimum absolute atomic E-state index is 0.0492. The zero-order valence-corrected chi connectivity index (χ0v) is 11.8. The maximum Gasteiger partial charge on any atom is 0.353 e. The Morgan fingerprint density at radius 3 is 2.47 bits per heavy atom. The van der Waals surface area contributed by atoms with E-state index in [1.807, 2.05) is 6.92 Å². The van der Waals surface area contributed by atoms with Crippen LogP contribution in [0.3, 0.4) is 0 Å². The van der Waals surface area contributed by atoms with Crippen molar-refractivity contribution in [3.63, 3.8) is 0 Å². The fraction of sp³-hybridized carbons (Fsp3) is 0.769. The zero-order chi connectivity index (χ0) is 14.4. The van der Waals surface area contributed by atoms with Crippen molar-refractivity contribution in [3.05, 3.63) is 0 Å². The third-order valence-corrected chi connectivity index (χ3v) is 3.52. The highest BCUT2D eigenvalue weighted by Gasteiger charge is 2.34. The quantitative estimate of drug-likeness (QED) is 0.760. The molecule has 19 heavy (non-hydrogen) atoms. The molecule has 0 aliphatic carbocycles. The predicted molar refractivity (Wildman–Crippen MR) is 70.9 cm³/mol. The van der Waals surface area contributed by atoms with Crippen LogP contribution in [0.25, 0.3) is 0 Å². The van der Waals surface area contributed by atoms with Gasteiger partial charge in [0.25, 0.3) is 5.91 Å². The van der Waals surface area contributed by atoms with E-state index in [0.717, 1.165) is 12.8 Å². The SMILES string of the molecule is CCC(CC)CN(CC)C(=O)C1CC(C(=O)O)=NO1. The molecule has 0 radical (unpaired) electrons. The summed E-state index contributed by atoms with van der Waals surface area (Å²) in [5.41, 5.74) is -0.0862. The lowest BCUT2D eigenvalue weighted by atomic mass is 10.0. The van der Waals surface area contributed by atoms with E-state index in [4.69, 9.17) is 9.94 Å². The highest BCUT2D eigenvalue weighted by Crippen LogP contribution is 2.16. The van der Waals surface area contributed by atoms with Gasteiger partial charge in [-0.15, -0.1) is 0 Å². The number of carboxylic acids is 1. The largest absolute Gasteiger partial charge is 0.477 e. The fourth-order valence-electron chi connectivity index (χ4n) is 2.07. The van der Waals surface area contributed by atoms with Gasteiger partial charge in [0, 0.05) is 19.5 Å². The van der Waals surface area contributed by atoms with Crippen molar-refractivity contribution in [1.29, 1.82) is 0 Å². The molecule has 0 saturated carbocycles. The van der Waals surface area contributed by atoms with Crippen molar-refractivity contribution in [2.75, 3.05) is 13.1 Å². The molecule has 0 aromatic heterocycles. The molecule has 1 N–H and O–H groups in total. The molecule has 108 valence electrons. The van der Waals surface area contributed by atoms with E-state index in [9.17, 15) is 9.59 Å². The third kappa shape index (κ3) is 3.94. The standard InChI is InChI=1S/C13H22N2O4/c1-4-9(5-2)8-15(6-3)12(16)11-7-10(13(17)18)14-19-11/h9,11H,4-8H2,1-3H3,(H,17,18). The maximum absolute atomic E-state index is 12.2. The van der Waals surface area contributed by atoms with Crippen LogP contribution >= 0.6 is 0 Å². The van der Waals surface area contributed by atoms with Gasteiger partial charge < -0.3 is 14.8 Å². The average Bonchev–Trinajstić information content (AvgIpc) is 2.89. The molecule has 0 spiro atoms. The first-order valence-corrected chi connectivity index (χ1v) is 6.78. The smallest absolute Gasteiger partial charge is 0.353 e. The van der Waals surface area contributed by atoms with Crippen molar-refractivity contribution in [1.82, 2.24) is 4.90 Å². The van der Waals surface area contributed by atoms with Crippen LogP contribution in [0.15, 0.2) is 5.16 Å². The van der Waals surface area contributed by atoms with E-state index in [2.05, 4.69) is 19.0 Å². The Bertz CT molecular complexity index is 364. The first-order chi connectivity index (χ1) is 9.03. The molecule has 1 aliphatic heterocycles.